The van der Waals surface area contributed by atoms with Crippen molar-refractivity contribution >= 4 is 39.8 Å². The first-order valence-corrected chi connectivity index (χ1v) is 5.84. The molecule has 0 aliphatic carbocycles. The third kappa shape index (κ3) is 8.45. The Morgan fingerprint density at radius 3 is 2.22 bits per heavy atom. The Hall–Kier alpha value is -1.70. The monoisotopic (exact) mass is 322 g/mol. The molecule has 0 aliphatic rings. The van der Waals surface area contributed by atoms with Crippen molar-refractivity contribution < 1.29 is 33.4 Å². The second kappa shape index (κ2) is 9.34. The van der Waals surface area contributed by atoms with Crippen molar-refractivity contribution in [2.75, 3.05) is 19.0 Å². The van der Waals surface area contributed by atoms with Crippen molar-refractivity contribution in [3.8, 4) is 0 Å². The number of alkyl halides is 1. The van der Waals surface area contributed by atoms with Crippen molar-refractivity contribution in [3.05, 3.63) is 12.2 Å². The standard InChI is InChI=1S/C10H11BrO7/c1-16-7(12)2-3-8(13)17-5-4-9(14)18-10(15)6-11/h2-3H,4-6H2,1H3/b3-2-. The lowest BCUT2D eigenvalue weighted by molar-refractivity contribution is -0.158. The maximum absolute atomic E-state index is 11.0. The van der Waals surface area contributed by atoms with Gasteiger partial charge in [0, 0.05) is 12.2 Å². The third-order valence-electron chi connectivity index (χ3n) is 1.44. The quantitative estimate of drug-likeness (QED) is 0.225. The Kier molecular flexibility index (Phi) is 8.46. The highest BCUT2D eigenvalue weighted by molar-refractivity contribution is 9.09. The van der Waals surface area contributed by atoms with Crippen molar-refractivity contribution in [3.63, 3.8) is 0 Å². The molecule has 0 fully saturated rings. The molecule has 0 N–H and O–H groups in total. The van der Waals surface area contributed by atoms with Crippen LogP contribution in [0.4, 0.5) is 0 Å². The summed E-state index contributed by atoms with van der Waals surface area (Å²) in [6, 6.07) is 0. The number of carbonyl (C=O) groups excluding carboxylic acids is 4. The molecule has 0 bridgehead atoms. The Bertz CT molecular complexity index is 361. The second-order valence-electron chi connectivity index (χ2n) is 2.75. The average molecular weight is 323 g/mol. The maximum atomic E-state index is 11.0. The number of hydrogen-bond acceptors (Lipinski definition) is 7. The van der Waals surface area contributed by atoms with Crippen LogP contribution in [0.25, 0.3) is 0 Å². The van der Waals surface area contributed by atoms with Gasteiger partial charge in [0.25, 0.3) is 0 Å². The Labute approximate surface area is 111 Å². The number of rotatable bonds is 6. The molecule has 7 nitrogen and oxygen atoms in total. The van der Waals surface area contributed by atoms with Crippen LogP contribution in [-0.2, 0) is 33.4 Å². The fourth-order valence-corrected chi connectivity index (χ4v) is 0.807. The van der Waals surface area contributed by atoms with E-state index in [1.807, 2.05) is 0 Å². The summed E-state index contributed by atoms with van der Waals surface area (Å²) in [7, 11) is 1.16. The fourth-order valence-electron chi connectivity index (χ4n) is 0.692. The fraction of sp³-hybridized carbons (Fsp3) is 0.400. The van der Waals surface area contributed by atoms with E-state index in [4.69, 9.17) is 0 Å². The largest absolute Gasteiger partial charge is 0.466 e. The van der Waals surface area contributed by atoms with Crippen LogP contribution in [0.15, 0.2) is 12.2 Å². The number of carbonyl (C=O) groups is 4. The smallest absolute Gasteiger partial charge is 0.331 e. The molecular formula is C10H11BrO7. The molecule has 8 heteroatoms. The van der Waals surface area contributed by atoms with Gasteiger partial charge in [-0.3, -0.25) is 9.59 Å². The summed E-state index contributed by atoms with van der Waals surface area (Å²) in [5, 5.41) is -0.0968. The zero-order valence-electron chi connectivity index (χ0n) is 9.51. The number of esters is 4. The molecule has 0 amide bonds. The molecule has 0 rings (SSSR count). The van der Waals surface area contributed by atoms with Gasteiger partial charge in [-0.05, 0) is 0 Å². The van der Waals surface area contributed by atoms with Crippen LogP contribution in [-0.4, -0.2) is 42.9 Å². The van der Waals surface area contributed by atoms with Crippen molar-refractivity contribution in [1.82, 2.24) is 0 Å². The molecule has 0 atom stereocenters. The lowest BCUT2D eigenvalue weighted by atomic mass is 10.4. The first kappa shape index (κ1) is 16.3. The van der Waals surface area contributed by atoms with Crippen molar-refractivity contribution in [2.24, 2.45) is 0 Å². The predicted octanol–water partition coefficient (Wildman–Crippen LogP) is 0.114. The Morgan fingerprint density at radius 2 is 1.67 bits per heavy atom. The van der Waals surface area contributed by atoms with Gasteiger partial charge in [0.1, 0.15) is 11.9 Å². The molecule has 0 saturated heterocycles. The van der Waals surface area contributed by atoms with Crippen LogP contribution in [0.3, 0.4) is 0 Å². The van der Waals surface area contributed by atoms with Gasteiger partial charge in [0.15, 0.2) is 0 Å². The zero-order chi connectivity index (χ0) is 14.0. The molecule has 0 aromatic rings. The van der Waals surface area contributed by atoms with Crippen molar-refractivity contribution in [1.29, 1.82) is 0 Å². The first-order valence-electron chi connectivity index (χ1n) is 4.71. The third-order valence-corrected chi connectivity index (χ3v) is 1.90. The van der Waals surface area contributed by atoms with Crippen LogP contribution >= 0.6 is 15.9 Å². The molecule has 0 aromatic carbocycles. The van der Waals surface area contributed by atoms with Gasteiger partial charge < -0.3 is 14.2 Å². The normalized spacial score (nSPS) is 9.89. The van der Waals surface area contributed by atoms with Crippen LogP contribution in [0, 0.1) is 0 Å². The molecule has 0 unspecified atom stereocenters. The van der Waals surface area contributed by atoms with Gasteiger partial charge in [-0.2, -0.15) is 0 Å². The summed E-state index contributed by atoms with van der Waals surface area (Å²) in [5.74, 6) is -3.03. The van der Waals surface area contributed by atoms with Gasteiger partial charge in [-0.25, -0.2) is 9.59 Å². The van der Waals surface area contributed by atoms with Gasteiger partial charge >= 0.3 is 23.9 Å². The molecule has 0 saturated carbocycles. The van der Waals surface area contributed by atoms with E-state index < -0.39 is 23.9 Å². The van der Waals surface area contributed by atoms with Crippen LogP contribution < -0.4 is 0 Å². The highest BCUT2D eigenvalue weighted by Crippen LogP contribution is 1.93. The Morgan fingerprint density at radius 1 is 1.06 bits per heavy atom. The number of hydrogen-bond donors (Lipinski definition) is 0. The van der Waals surface area contributed by atoms with Gasteiger partial charge in [0.2, 0.25) is 0 Å². The zero-order valence-corrected chi connectivity index (χ0v) is 11.1. The number of methoxy groups -OCH3 is 1. The van der Waals surface area contributed by atoms with E-state index in [1.165, 1.54) is 0 Å². The van der Waals surface area contributed by atoms with E-state index in [-0.39, 0.29) is 18.4 Å². The minimum absolute atomic E-state index is 0.0968. The van der Waals surface area contributed by atoms with Crippen LogP contribution in [0.5, 0.6) is 0 Å². The molecular weight excluding hydrogens is 312 g/mol. The summed E-state index contributed by atoms with van der Waals surface area (Å²) in [6.45, 7) is -0.251. The predicted molar refractivity (Wildman–Crippen MR) is 61.6 cm³/mol. The average Bonchev–Trinajstić information content (AvgIpc) is 2.35. The van der Waals surface area contributed by atoms with E-state index in [1.54, 1.807) is 0 Å². The van der Waals surface area contributed by atoms with E-state index in [0.29, 0.717) is 0 Å². The van der Waals surface area contributed by atoms with Crippen LogP contribution in [0.1, 0.15) is 6.42 Å². The second-order valence-corrected chi connectivity index (χ2v) is 3.31. The summed E-state index contributed by atoms with van der Waals surface area (Å²) in [6.07, 6.45) is 1.49. The molecule has 0 radical (unpaired) electrons. The first-order chi connectivity index (χ1) is 8.49. The van der Waals surface area contributed by atoms with E-state index >= 15 is 0 Å². The molecule has 100 valence electrons. The highest BCUT2D eigenvalue weighted by atomic mass is 79.9. The minimum Gasteiger partial charge on any atom is -0.466 e. The van der Waals surface area contributed by atoms with Gasteiger partial charge in [-0.15, -0.1) is 0 Å². The highest BCUT2D eigenvalue weighted by Gasteiger charge is 2.09. The summed E-state index contributed by atoms with van der Waals surface area (Å²) >= 11 is 2.81. The number of halogens is 1. The number of ether oxygens (including phenoxy) is 3. The van der Waals surface area contributed by atoms with E-state index in [0.717, 1.165) is 19.3 Å². The van der Waals surface area contributed by atoms with Crippen LogP contribution in [0.2, 0.25) is 0 Å². The lowest BCUT2D eigenvalue weighted by Crippen LogP contribution is -2.15. The lowest BCUT2D eigenvalue weighted by Gasteiger charge is -2.01. The van der Waals surface area contributed by atoms with Gasteiger partial charge in [-0.1, -0.05) is 15.9 Å². The molecule has 0 aromatic heterocycles. The topological polar surface area (TPSA) is 96.0 Å². The maximum Gasteiger partial charge on any atom is 0.331 e. The SMILES string of the molecule is COC(=O)/C=C\C(=O)OCCC(=O)OC(=O)CBr. The molecule has 0 spiro atoms. The van der Waals surface area contributed by atoms with E-state index in [9.17, 15) is 19.2 Å². The molecule has 18 heavy (non-hydrogen) atoms. The minimum atomic E-state index is -0.806. The summed E-state index contributed by atoms with van der Waals surface area (Å²) < 4.78 is 13.1. The molecule has 0 aliphatic heterocycles. The molecule has 0 heterocycles. The van der Waals surface area contributed by atoms with Gasteiger partial charge in [0.05, 0.1) is 13.5 Å². The summed E-state index contributed by atoms with van der Waals surface area (Å²) in [5.41, 5.74) is 0. The Balaban J connectivity index is 3.81. The van der Waals surface area contributed by atoms with E-state index in [2.05, 4.69) is 30.1 Å². The summed E-state index contributed by atoms with van der Waals surface area (Å²) in [4.78, 5) is 43.2. The van der Waals surface area contributed by atoms with Crippen molar-refractivity contribution in [2.45, 2.75) is 6.42 Å².